The van der Waals surface area contributed by atoms with E-state index in [1.165, 1.54) is 12.3 Å². The van der Waals surface area contributed by atoms with E-state index in [1.807, 2.05) is 0 Å². The fraction of sp³-hybridized carbons (Fsp3) is 0.200. The molecular formula is C5H10N3+. The van der Waals surface area contributed by atoms with E-state index in [4.69, 9.17) is 16.6 Å². The molecule has 8 heavy (non-hydrogen) atoms. The van der Waals surface area contributed by atoms with E-state index < -0.39 is 0 Å². The first kappa shape index (κ1) is 6.88. The molecule has 0 unspecified atom stereocenters. The Labute approximate surface area is 48.2 Å². The predicted octanol–water partition coefficient (Wildman–Crippen LogP) is -1.30. The van der Waals surface area contributed by atoms with Crippen LogP contribution in [0.25, 0.3) is 0 Å². The van der Waals surface area contributed by atoms with Crippen molar-refractivity contribution >= 4 is 12.1 Å². The molecule has 0 saturated carbocycles. The van der Waals surface area contributed by atoms with Gasteiger partial charge in [-0.05, 0) is 12.5 Å². The van der Waals surface area contributed by atoms with Crippen LogP contribution < -0.4 is 11.1 Å². The molecule has 0 heterocycles. The fourth-order valence-electron chi connectivity index (χ4n) is 0.305. The van der Waals surface area contributed by atoms with Crippen LogP contribution in [0.5, 0.6) is 0 Å². The number of amidine groups is 1. The van der Waals surface area contributed by atoms with Crippen molar-refractivity contribution in [3.05, 3.63) is 11.6 Å². The molecule has 0 spiro atoms. The van der Waals surface area contributed by atoms with Crippen LogP contribution in [0.15, 0.2) is 11.6 Å². The van der Waals surface area contributed by atoms with Crippen molar-refractivity contribution in [2.75, 3.05) is 0 Å². The van der Waals surface area contributed by atoms with Crippen LogP contribution in [0.1, 0.15) is 6.92 Å². The van der Waals surface area contributed by atoms with Crippen molar-refractivity contribution in [1.82, 2.24) is 0 Å². The molecule has 0 rings (SSSR count). The van der Waals surface area contributed by atoms with Gasteiger partial charge in [-0.25, -0.2) is 0 Å². The van der Waals surface area contributed by atoms with Crippen LogP contribution in [0, 0.1) is 5.41 Å². The number of allylic oxidation sites excluding steroid dienone is 1. The van der Waals surface area contributed by atoms with E-state index in [-0.39, 0.29) is 5.84 Å². The minimum Gasteiger partial charge on any atom is -0.308 e. The summed E-state index contributed by atoms with van der Waals surface area (Å²) in [5.41, 5.74) is 5.84. The molecule has 3 nitrogen and oxygen atoms in total. The molecule has 0 fully saturated rings. The summed E-state index contributed by atoms with van der Waals surface area (Å²) in [6, 6.07) is 0. The average Bonchev–Trinajstić information content (AvgIpc) is 1.65. The predicted molar refractivity (Wildman–Crippen MR) is 33.7 cm³/mol. The summed E-state index contributed by atoms with van der Waals surface area (Å²) in [6.07, 6.45) is 2.73. The first-order chi connectivity index (χ1) is 3.66. The van der Waals surface area contributed by atoms with Crippen LogP contribution >= 0.6 is 0 Å². The molecule has 3 heteroatoms. The molecule has 0 aliphatic rings. The minimum absolute atomic E-state index is 0.242. The third kappa shape index (κ3) is 3.08. The molecule has 0 aromatic rings. The van der Waals surface area contributed by atoms with Crippen molar-refractivity contribution in [3.63, 3.8) is 0 Å². The van der Waals surface area contributed by atoms with Gasteiger partial charge in [-0.2, -0.15) is 0 Å². The van der Waals surface area contributed by atoms with Gasteiger partial charge in [-0.3, -0.25) is 11.1 Å². The maximum Gasteiger partial charge on any atom is 0.263 e. The van der Waals surface area contributed by atoms with Crippen LogP contribution in [0.4, 0.5) is 0 Å². The summed E-state index contributed by atoms with van der Waals surface area (Å²) >= 11 is 0. The molecule has 0 bridgehead atoms. The number of hydrogen-bond acceptors (Lipinski definition) is 1. The second-order valence-corrected chi connectivity index (χ2v) is 1.53. The Morgan fingerprint density at radius 2 is 2.25 bits per heavy atom. The van der Waals surface area contributed by atoms with Crippen molar-refractivity contribution in [1.29, 1.82) is 5.41 Å². The standard InChI is InChI=1S/C5H9N3/c1-4(3-6)2-5(7)8/h2-3,6H,1H3,(H3,7,8)/p+1/b4-2-,6-3?. The summed E-state index contributed by atoms with van der Waals surface area (Å²) < 4.78 is 0. The lowest BCUT2D eigenvalue weighted by Crippen LogP contribution is -2.44. The average molecular weight is 112 g/mol. The van der Waals surface area contributed by atoms with E-state index in [0.29, 0.717) is 0 Å². The zero-order valence-electron chi connectivity index (χ0n) is 4.81. The minimum atomic E-state index is 0.242. The Balaban J connectivity index is 3.94. The Kier molecular flexibility index (Phi) is 2.54. The van der Waals surface area contributed by atoms with E-state index in [1.54, 1.807) is 6.92 Å². The molecule has 0 aromatic heterocycles. The quantitative estimate of drug-likeness (QED) is 0.301. The molecule has 0 radical (unpaired) electrons. The van der Waals surface area contributed by atoms with Gasteiger partial charge < -0.3 is 5.41 Å². The van der Waals surface area contributed by atoms with Gasteiger partial charge >= 0.3 is 0 Å². The van der Waals surface area contributed by atoms with Gasteiger partial charge in [-0.1, -0.05) is 0 Å². The molecule has 44 valence electrons. The van der Waals surface area contributed by atoms with Gasteiger partial charge in [0.1, 0.15) is 0 Å². The molecule has 0 atom stereocenters. The Morgan fingerprint density at radius 3 is 2.38 bits per heavy atom. The molecule has 5 N–H and O–H groups in total. The highest BCUT2D eigenvalue weighted by Crippen LogP contribution is 1.81. The first-order valence-electron chi connectivity index (χ1n) is 2.23. The zero-order valence-corrected chi connectivity index (χ0v) is 4.81. The molecule has 0 aliphatic carbocycles. The van der Waals surface area contributed by atoms with E-state index >= 15 is 0 Å². The summed E-state index contributed by atoms with van der Waals surface area (Å²) in [6.45, 7) is 1.76. The number of hydrogen-bond donors (Lipinski definition) is 3. The third-order valence-electron chi connectivity index (χ3n) is 0.622. The summed E-state index contributed by atoms with van der Waals surface area (Å²) in [7, 11) is 0. The lowest BCUT2D eigenvalue weighted by Gasteiger charge is -1.81. The fourth-order valence-corrected chi connectivity index (χ4v) is 0.305. The van der Waals surface area contributed by atoms with Crippen molar-refractivity contribution < 1.29 is 5.41 Å². The van der Waals surface area contributed by atoms with E-state index in [2.05, 4.69) is 0 Å². The van der Waals surface area contributed by atoms with Crippen LogP contribution in [-0.4, -0.2) is 12.1 Å². The van der Waals surface area contributed by atoms with Gasteiger partial charge in [0.05, 0.1) is 0 Å². The second kappa shape index (κ2) is 2.96. The summed E-state index contributed by atoms with van der Waals surface area (Å²) in [5, 5.41) is 11.8. The highest BCUT2D eigenvalue weighted by Gasteiger charge is 1.85. The van der Waals surface area contributed by atoms with Crippen LogP contribution in [-0.2, 0) is 0 Å². The van der Waals surface area contributed by atoms with Gasteiger partial charge in [0, 0.05) is 12.3 Å². The van der Waals surface area contributed by atoms with Crippen molar-refractivity contribution in [2.45, 2.75) is 6.92 Å². The maximum atomic E-state index is 6.68. The number of nitrogens with one attached hydrogen (secondary N) is 1. The molecule has 0 amide bonds. The molecule has 0 aliphatic heterocycles. The molecule has 0 saturated heterocycles. The second-order valence-electron chi connectivity index (χ2n) is 1.53. The smallest absolute Gasteiger partial charge is 0.263 e. The topological polar surface area (TPSA) is 75.5 Å². The highest BCUT2D eigenvalue weighted by molar-refractivity contribution is 5.92. The largest absolute Gasteiger partial charge is 0.308 e. The Bertz CT molecular complexity index is 135. The van der Waals surface area contributed by atoms with Gasteiger partial charge in [-0.15, -0.1) is 0 Å². The first-order valence-corrected chi connectivity index (χ1v) is 2.23. The normalized spacial score (nSPS) is 10.9. The maximum absolute atomic E-state index is 6.68. The monoisotopic (exact) mass is 112 g/mol. The lowest BCUT2D eigenvalue weighted by atomic mass is 10.3. The highest BCUT2D eigenvalue weighted by atomic mass is 14.7. The van der Waals surface area contributed by atoms with Gasteiger partial charge in [0.25, 0.3) is 5.84 Å². The van der Waals surface area contributed by atoms with Crippen LogP contribution in [0.2, 0.25) is 0 Å². The Morgan fingerprint density at radius 1 is 1.75 bits per heavy atom. The SMILES string of the molecule is C/C(C=N)=C/C(N)=[NH2+]. The van der Waals surface area contributed by atoms with E-state index in [0.717, 1.165) is 5.57 Å². The number of nitrogens with two attached hydrogens (primary N) is 2. The van der Waals surface area contributed by atoms with Crippen molar-refractivity contribution in [3.8, 4) is 0 Å². The van der Waals surface area contributed by atoms with Crippen molar-refractivity contribution in [2.24, 2.45) is 5.73 Å². The zero-order chi connectivity index (χ0) is 6.57. The summed E-state index contributed by atoms with van der Waals surface area (Å²) in [4.78, 5) is 0. The Hall–Kier alpha value is -1.12. The lowest BCUT2D eigenvalue weighted by molar-refractivity contribution is -0.113. The van der Waals surface area contributed by atoms with Gasteiger partial charge in [0.2, 0.25) is 0 Å². The summed E-state index contributed by atoms with van der Waals surface area (Å²) in [5.74, 6) is 0.242. The third-order valence-corrected chi connectivity index (χ3v) is 0.622. The molecular weight excluding hydrogens is 102 g/mol. The van der Waals surface area contributed by atoms with E-state index in [9.17, 15) is 0 Å². The molecule has 0 aromatic carbocycles. The van der Waals surface area contributed by atoms with Crippen LogP contribution in [0.3, 0.4) is 0 Å². The number of rotatable bonds is 2. The van der Waals surface area contributed by atoms with Gasteiger partial charge in [0.15, 0.2) is 0 Å².